The third-order valence-electron chi connectivity index (χ3n) is 4.16. The van der Waals surface area contributed by atoms with Crippen LogP contribution in [-0.4, -0.2) is 43.9 Å². The van der Waals surface area contributed by atoms with Gasteiger partial charge in [0, 0.05) is 12.7 Å². The number of para-hydroxylation sites is 1. The van der Waals surface area contributed by atoms with Crippen LogP contribution >= 0.6 is 0 Å². The Labute approximate surface area is 130 Å². The van der Waals surface area contributed by atoms with Crippen LogP contribution in [0, 0.1) is 0 Å². The van der Waals surface area contributed by atoms with E-state index in [1.807, 2.05) is 30.3 Å². The largest absolute Gasteiger partial charge is 0.388 e. The van der Waals surface area contributed by atoms with Crippen LogP contribution < -0.4 is 0 Å². The number of likely N-dealkylation sites (tertiary alicyclic amines) is 1. The van der Waals surface area contributed by atoms with Crippen molar-refractivity contribution in [1.82, 2.24) is 14.7 Å². The molecule has 0 aliphatic carbocycles. The normalized spacial score (nSPS) is 18.7. The van der Waals surface area contributed by atoms with Gasteiger partial charge in [-0.05, 0) is 44.9 Å². The first kappa shape index (κ1) is 14.8. The van der Waals surface area contributed by atoms with Crippen LogP contribution in [0.1, 0.15) is 37.2 Å². The molecule has 1 unspecified atom stereocenters. The van der Waals surface area contributed by atoms with Gasteiger partial charge in [-0.3, -0.25) is 4.79 Å². The Morgan fingerprint density at radius 2 is 2.00 bits per heavy atom. The molecule has 1 amide bonds. The first-order valence-electron chi connectivity index (χ1n) is 7.61. The predicted molar refractivity (Wildman–Crippen MR) is 83.9 cm³/mol. The summed E-state index contributed by atoms with van der Waals surface area (Å²) < 4.78 is 1.70. The van der Waals surface area contributed by atoms with E-state index in [0.29, 0.717) is 12.2 Å². The van der Waals surface area contributed by atoms with Gasteiger partial charge in [0.1, 0.15) is 0 Å². The molecule has 1 aliphatic rings. The van der Waals surface area contributed by atoms with Gasteiger partial charge < -0.3 is 10.0 Å². The molecule has 5 nitrogen and oxygen atoms in total. The number of amides is 1. The predicted octanol–water partition coefficient (Wildman–Crippen LogP) is 2.25. The lowest BCUT2D eigenvalue weighted by Crippen LogP contribution is -2.48. The molecule has 0 bridgehead atoms. The molecule has 5 heteroatoms. The van der Waals surface area contributed by atoms with Gasteiger partial charge in [-0.15, -0.1) is 0 Å². The average molecular weight is 299 g/mol. The van der Waals surface area contributed by atoms with Crippen molar-refractivity contribution in [3.63, 3.8) is 0 Å². The summed E-state index contributed by atoms with van der Waals surface area (Å²) in [6.07, 6.45) is 3.53. The van der Waals surface area contributed by atoms with Gasteiger partial charge in [-0.2, -0.15) is 5.10 Å². The highest BCUT2D eigenvalue weighted by molar-refractivity contribution is 5.92. The number of hydrogen-bond donors (Lipinski definition) is 1. The zero-order valence-corrected chi connectivity index (χ0v) is 12.9. The summed E-state index contributed by atoms with van der Waals surface area (Å²) in [7, 11) is 0. The van der Waals surface area contributed by atoms with Crippen molar-refractivity contribution in [3.05, 3.63) is 48.3 Å². The molecule has 0 saturated carbocycles. The van der Waals surface area contributed by atoms with E-state index < -0.39 is 5.60 Å². The molecule has 116 valence electrons. The number of aliphatic hydroxyl groups is 1. The Bertz CT molecular complexity index is 658. The molecular weight excluding hydrogens is 278 g/mol. The molecular formula is C17H21N3O2. The highest BCUT2D eigenvalue weighted by Crippen LogP contribution is 2.28. The summed E-state index contributed by atoms with van der Waals surface area (Å²) in [5, 5.41) is 14.6. The second kappa shape index (κ2) is 5.57. The number of nitrogens with zero attached hydrogens (tertiary/aromatic N) is 3. The number of carbonyl (C=O) groups is 1. The van der Waals surface area contributed by atoms with Crippen molar-refractivity contribution in [2.45, 2.75) is 38.3 Å². The van der Waals surface area contributed by atoms with Crippen molar-refractivity contribution < 1.29 is 9.90 Å². The van der Waals surface area contributed by atoms with Crippen LogP contribution in [0.5, 0.6) is 0 Å². The number of aromatic nitrogens is 2. The molecule has 0 radical (unpaired) electrons. The smallest absolute Gasteiger partial charge is 0.274 e. The van der Waals surface area contributed by atoms with Crippen LogP contribution in [0.2, 0.25) is 0 Å². The first-order chi connectivity index (χ1) is 10.5. The van der Waals surface area contributed by atoms with Crippen LogP contribution in [0.3, 0.4) is 0 Å². The average Bonchev–Trinajstić information content (AvgIpc) is 3.16. The summed E-state index contributed by atoms with van der Waals surface area (Å²) in [4.78, 5) is 14.4. The Balaban J connectivity index is 1.83. The molecule has 1 atom stereocenters. The standard InChI is InChI=1S/C17H21N3O2/c1-17(2,22)15-9-6-11-19(15)16(21)14-10-12-20(18-14)13-7-4-3-5-8-13/h3-5,7-8,10,12,15,22H,6,9,11H2,1-2H3. The summed E-state index contributed by atoms with van der Waals surface area (Å²) in [6.45, 7) is 4.18. The van der Waals surface area contributed by atoms with Crippen LogP contribution in [0.4, 0.5) is 0 Å². The van der Waals surface area contributed by atoms with E-state index in [0.717, 1.165) is 18.5 Å². The molecule has 3 rings (SSSR count). The summed E-state index contributed by atoms with van der Waals surface area (Å²) in [5.41, 5.74) is 0.441. The fraction of sp³-hybridized carbons (Fsp3) is 0.412. The summed E-state index contributed by atoms with van der Waals surface area (Å²) in [6, 6.07) is 11.3. The van der Waals surface area contributed by atoms with Crippen molar-refractivity contribution >= 4 is 5.91 Å². The molecule has 1 saturated heterocycles. The molecule has 1 aromatic carbocycles. The minimum Gasteiger partial charge on any atom is -0.388 e. The van der Waals surface area contributed by atoms with Gasteiger partial charge in [-0.25, -0.2) is 4.68 Å². The molecule has 1 N–H and O–H groups in total. The van der Waals surface area contributed by atoms with Crippen molar-refractivity contribution in [2.24, 2.45) is 0 Å². The Morgan fingerprint density at radius 3 is 2.68 bits per heavy atom. The summed E-state index contributed by atoms with van der Waals surface area (Å²) in [5.74, 6) is -0.112. The van der Waals surface area contributed by atoms with Gasteiger partial charge in [0.2, 0.25) is 0 Å². The van der Waals surface area contributed by atoms with E-state index in [9.17, 15) is 9.90 Å². The Hall–Kier alpha value is -2.14. The molecule has 0 spiro atoms. The topological polar surface area (TPSA) is 58.4 Å². The van der Waals surface area contributed by atoms with Gasteiger partial charge in [-0.1, -0.05) is 18.2 Å². The maximum atomic E-state index is 12.7. The maximum Gasteiger partial charge on any atom is 0.274 e. The van der Waals surface area contributed by atoms with E-state index in [-0.39, 0.29) is 11.9 Å². The monoisotopic (exact) mass is 299 g/mol. The Kier molecular flexibility index (Phi) is 3.74. The molecule has 22 heavy (non-hydrogen) atoms. The molecule has 1 aromatic heterocycles. The SMILES string of the molecule is CC(C)(O)C1CCCN1C(=O)c1ccn(-c2ccccc2)n1. The third kappa shape index (κ3) is 2.76. The van der Waals surface area contributed by atoms with Crippen molar-refractivity contribution in [2.75, 3.05) is 6.54 Å². The Morgan fingerprint density at radius 1 is 1.27 bits per heavy atom. The van der Waals surface area contributed by atoms with Crippen molar-refractivity contribution in [1.29, 1.82) is 0 Å². The zero-order chi connectivity index (χ0) is 15.7. The number of carbonyl (C=O) groups excluding carboxylic acids is 1. The van der Waals surface area contributed by atoms with Crippen LogP contribution in [0.25, 0.3) is 5.69 Å². The van der Waals surface area contributed by atoms with E-state index in [1.54, 1.807) is 35.7 Å². The fourth-order valence-corrected chi connectivity index (χ4v) is 3.05. The number of rotatable bonds is 3. The summed E-state index contributed by atoms with van der Waals surface area (Å²) >= 11 is 0. The second-order valence-corrected chi connectivity index (χ2v) is 6.29. The minimum absolute atomic E-state index is 0.112. The highest BCUT2D eigenvalue weighted by atomic mass is 16.3. The highest BCUT2D eigenvalue weighted by Gasteiger charge is 2.39. The first-order valence-corrected chi connectivity index (χ1v) is 7.61. The molecule has 1 fully saturated rings. The van der Waals surface area contributed by atoms with Crippen molar-refractivity contribution in [3.8, 4) is 5.69 Å². The maximum absolute atomic E-state index is 12.7. The van der Waals surface area contributed by atoms with Gasteiger partial charge >= 0.3 is 0 Å². The zero-order valence-electron chi connectivity index (χ0n) is 12.9. The molecule has 1 aliphatic heterocycles. The lowest BCUT2D eigenvalue weighted by molar-refractivity contribution is 0.000103. The third-order valence-corrected chi connectivity index (χ3v) is 4.16. The van der Waals surface area contributed by atoms with Gasteiger partial charge in [0.25, 0.3) is 5.91 Å². The minimum atomic E-state index is -0.895. The van der Waals surface area contributed by atoms with E-state index in [1.165, 1.54) is 0 Å². The molecule has 2 heterocycles. The lowest BCUT2D eigenvalue weighted by atomic mass is 9.96. The fourth-order valence-electron chi connectivity index (χ4n) is 3.05. The number of hydrogen-bond acceptors (Lipinski definition) is 3. The van der Waals surface area contributed by atoms with E-state index >= 15 is 0 Å². The lowest BCUT2D eigenvalue weighted by Gasteiger charge is -2.33. The molecule has 2 aromatic rings. The van der Waals surface area contributed by atoms with E-state index in [4.69, 9.17) is 0 Å². The van der Waals surface area contributed by atoms with E-state index in [2.05, 4.69) is 5.10 Å². The van der Waals surface area contributed by atoms with Gasteiger partial charge in [0.05, 0.1) is 17.3 Å². The van der Waals surface area contributed by atoms with Crippen LogP contribution in [-0.2, 0) is 0 Å². The van der Waals surface area contributed by atoms with Gasteiger partial charge in [0.15, 0.2) is 5.69 Å². The number of benzene rings is 1. The quantitative estimate of drug-likeness (QED) is 0.945. The van der Waals surface area contributed by atoms with Crippen LogP contribution in [0.15, 0.2) is 42.6 Å². The second-order valence-electron chi connectivity index (χ2n) is 6.29.